The van der Waals surface area contributed by atoms with Crippen LogP contribution < -0.4 is 0 Å². The second-order valence-electron chi connectivity index (χ2n) is 6.25. The van der Waals surface area contributed by atoms with E-state index in [1.165, 1.54) is 19.3 Å². The lowest BCUT2D eigenvalue weighted by molar-refractivity contribution is 0.367. The molecular weight excluding hydrogens is 264 g/mol. The maximum absolute atomic E-state index is 5.46. The van der Waals surface area contributed by atoms with Gasteiger partial charge in [-0.05, 0) is 43.2 Å². The molecule has 2 aliphatic carbocycles. The van der Waals surface area contributed by atoms with Gasteiger partial charge in [-0.2, -0.15) is 4.98 Å². The van der Waals surface area contributed by atoms with Gasteiger partial charge < -0.3 is 9.09 Å². The third kappa shape index (κ3) is 1.95. The predicted octanol–water partition coefficient (Wildman–Crippen LogP) is 2.98. The molecule has 2 saturated carbocycles. The van der Waals surface area contributed by atoms with Crippen molar-refractivity contribution in [3.63, 3.8) is 0 Å². The maximum Gasteiger partial charge on any atom is 0.230 e. The molecule has 2 aromatic heterocycles. The van der Waals surface area contributed by atoms with Crippen molar-refractivity contribution in [1.82, 2.24) is 19.7 Å². The minimum atomic E-state index is 0.526. The Balaban J connectivity index is 1.38. The highest BCUT2D eigenvalue weighted by molar-refractivity contribution is 5.74. The Kier molecular flexibility index (Phi) is 2.28. The molecular formula is C16H16N4O. The summed E-state index contributed by atoms with van der Waals surface area (Å²) in [7, 11) is 0. The molecule has 5 heteroatoms. The molecule has 2 heterocycles. The lowest BCUT2D eigenvalue weighted by atomic mass is 10.2. The Morgan fingerprint density at radius 1 is 1.24 bits per heavy atom. The van der Waals surface area contributed by atoms with Crippen molar-refractivity contribution in [2.75, 3.05) is 0 Å². The van der Waals surface area contributed by atoms with E-state index >= 15 is 0 Å². The van der Waals surface area contributed by atoms with Crippen LogP contribution in [0.3, 0.4) is 0 Å². The van der Waals surface area contributed by atoms with Crippen LogP contribution >= 0.6 is 0 Å². The van der Waals surface area contributed by atoms with Gasteiger partial charge in [0.25, 0.3) is 0 Å². The molecule has 0 saturated heterocycles. The lowest BCUT2D eigenvalue weighted by Gasteiger charge is -1.98. The maximum atomic E-state index is 5.46. The van der Waals surface area contributed by atoms with Crippen LogP contribution in [-0.4, -0.2) is 19.7 Å². The minimum Gasteiger partial charge on any atom is -0.339 e. The quantitative estimate of drug-likeness (QED) is 0.737. The van der Waals surface area contributed by atoms with Gasteiger partial charge in [-0.1, -0.05) is 17.3 Å². The Labute approximate surface area is 122 Å². The van der Waals surface area contributed by atoms with E-state index in [2.05, 4.69) is 25.8 Å². The molecule has 2 aliphatic rings. The molecule has 0 N–H and O–H groups in total. The molecule has 0 spiro atoms. The third-order valence-electron chi connectivity index (χ3n) is 4.71. The van der Waals surface area contributed by atoms with Crippen LogP contribution in [0.15, 0.2) is 35.1 Å². The van der Waals surface area contributed by atoms with E-state index in [1.807, 2.05) is 24.5 Å². The highest BCUT2D eigenvalue weighted by Crippen LogP contribution is 2.58. The van der Waals surface area contributed by atoms with Crippen molar-refractivity contribution in [1.29, 1.82) is 0 Å². The van der Waals surface area contributed by atoms with Gasteiger partial charge in [-0.3, -0.25) is 0 Å². The van der Waals surface area contributed by atoms with Crippen LogP contribution in [0.4, 0.5) is 0 Å². The van der Waals surface area contributed by atoms with Gasteiger partial charge in [0.05, 0.1) is 23.9 Å². The number of fused-ring (bicyclic) bond motifs is 1. The Hall–Kier alpha value is -2.17. The molecule has 5 nitrogen and oxygen atoms in total. The first-order chi connectivity index (χ1) is 10.4. The topological polar surface area (TPSA) is 56.7 Å². The first-order valence-electron chi connectivity index (χ1n) is 7.61. The summed E-state index contributed by atoms with van der Waals surface area (Å²) in [6.07, 6.45) is 5.86. The van der Waals surface area contributed by atoms with Crippen molar-refractivity contribution >= 4 is 11.0 Å². The number of hydrogen-bond acceptors (Lipinski definition) is 4. The normalized spacial score (nSPS) is 24.6. The highest BCUT2D eigenvalue weighted by Gasteiger charge is 2.50. The Morgan fingerprint density at radius 3 is 3.05 bits per heavy atom. The number of rotatable bonds is 4. The van der Waals surface area contributed by atoms with E-state index in [1.54, 1.807) is 0 Å². The largest absolute Gasteiger partial charge is 0.339 e. The van der Waals surface area contributed by atoms with Crippen LogP contribution in [0.25, 0.3) is 11.0 Å². The summed E-state index contributed by atoms with van der Waals surface area (Å²) < 4.78 is 7.53. The molecule has 0 unspecified atom stereocenters. The second kappa shape index (κ2) is 4.16. The number of nitrogens with zero attached hydrogens (tertiary/aromatic N) is 4. The summed E-state index contributed by atoms with van der Waals surface area (Å²) in [5, 5.41) is 4.14. The van der Waals surface area contributed by atoms with Crippen molar-refractivity contribution in [3.8, 4) is 0 Å². The van der Waals surface area contributed by atoms with Crippen molar-refractivity contribution < 1.29 is 4.52 Å². The van der Waals surface area contributed by atoms with E-state index in [-0.39, 0.29) is 0 Å². The predicted molar refractivity (Wildman–Crippen MR) is 76.7 cm³/mol. The summed E-state index contributed by atoms with van der Waals surface area (Å²) >= 11 is 0. The Morgan fingerprint density at radius 2 is 2.14 bits per heavy atom. The fourth-order valence-corrected chi connectivity index (χ4v) is 3.31. The number of imidazole rings is 1. The van der Waals surface area contributed by atoms with Crippen LogP contribution in [0.2, 0.25) is 0 Å². The summed E-state index contributed by atoms with van der Waals surface area (Å²) in [6, 6.07) is 8.09. The van der Waals surface area contributed by atoms with Crippen LogP contribution in [-0.2, 0) is 6.54 Å². The number of hydrogen-bond donors (Lipinski definition) is 0. The minimum absolute atomic E-state index is 0.526. The molecule has 1 aromatic carbocycles. The second-order valence-corrected chi connectivity index (χ2v) is 6.25. The molecule has 0 aliphatic heterocycles. The van der Waals surface area contributed by atoms with Crippen LogP contribution in [0.5, 0.6) is 0 Å². The molecule has 3 aromatic rings. The van der Waals surface area contributed by atoms with Gasteiger partial charge in [0.2, 0.25) is 5.89 Å². The van der Waals surface area contributed by atoms with Gasteiger partial charge in [-0.25, -0.2) is 4.98 Å². The smallest absolute Gasteiger partial charge is 0.230 e. The van der Waals surface area contributed by atoms with Crippen LogP contribution in [0.1, 0.15) is 36.9 Å². The molecule has 0 radical (unpaired) electrons. The SMILES string of the molecule is c1ccc2c(c1)ncn2Cc1noc([C@H]2C[C@@H]2C2CC2)n1. The van der Waals surface area contributed by atoms with E-state index in [4.69, 9.17) is 4.52 Å². The monoisotopic (exact) mass is 280 g/mol. The molecule has 5 rings (SSSR count). The summed E-state index contributed by atoms with van der Waals surface area (Å²) in [4.78, 5) is 8.98. The first kappa shape index (κ1) is 11.5. The van der Waals surface area contributed by atoms with E-state index in [0.717, 1.165) is 34.6 Å². The van der Waals surface area contributed by atoms with E-state index in [9.17, 15) is 0 Å². The number of aromatic nitrogens is 4. The fraction of sp³-hybridized carbons (Fsp3) is 0.438. The zero-order valence-corrected chi connectivity index (χ0v) is 11.6. The molecule has 0 amide bonds. The molecule has 2 atom stereocenters. The fourth-order valence-electron chi connectivity index (χ4n) is 3.31. The lowest BCUT2D eigenvalue weighted by Crippen LogP contribution is -2.00. The molecule has 106 valence electrons. The van der Waals surface area contributed by atoms with Gasteiger partial charge in [0.15, 0.2) is 5.82 Å². The zero-order chi connectivity index (χ0) is 13.8. The van der Waals surface area contributed by atoms with Crippen LogP contribution in [0, 0.1) is 11.8 Å². The van der Waals surface area contributed by atoms with E-state index < -0.39 is 0 Å². The number of benzene rings is 1. The van der Waals surface area contributed by atoms with Gasteiger partial charge in [0.1, 0.15) is 0 Å². The average molecular weight is 280 g/mol. The zero-order valence-electron chi connectivity index (χ0n) is 11.6. The average Bonchev–Trinajstić information content (AvgIpc) is 3.41. The van der Waals surface area contributed by atoms with Gasteiger partial charge >= 0.3 is 0 Å². The standard InChI is InChI=1S/C16H16N4O/c1-2-4-14-13(3-1)17-9-20(14)8-15-18-16(21-19-15)12-7-11(12)10-5-6-10/h1-4,9-12H,5-8H2/t11-,12+/m1/s1. The molecule has 2 fully saturated rings. The summed E-state index contributed by atoms with van der Waals surface area (Å²) in [5.74, 6) is 3.86. The molecule has 21 heavy (non-hydrogen) atoms. The number of para-hydroxylation sites is 2. The van der Waals surface area contributed by atoms with Gasteiger partial charge in [0, 0.05) is 5.92 Å². The van der Waals surface area contributed by atoms with E-state index in [0.29, 0.717) is 12.5 Å². The summed E-state index contributed by atoms with van der Waals surface area (Å²) in [6.45, 7) is 0.616. The third-order valence-corrected chi connectivity index (χ3v) is 4.71. The first-order valence-corrected chi connectivity index (χ1v) is 7.61. The molecule has 0 bridgehead atoms. The van der Waals surface area contributed by atoms with Crippen molar-refractivity contribution in [2.45, 2.75) is 31.7 Å². The van der Waals surface area contributed by atoms with Crippen molar-refractivity contribution in [2.24, 2.45) is 11.8 Å². The highest BCUT2D eigenvalue weighted by atomic mass is 16.5. The summed E-state index contributed by atoms with van der Waals surface area (Å²) in [5.41, 5.74) is 2.10. The van der Waals surface area contributed by atoms with Gasteiger partial charge in [-0.15, -0.1) is 0 Å². The Bertz CT molecular complexity index is 801. The van der Waals surface area contributed by atoms with Crippen molar-refractivity contribution in [3.05, 3.63) is 42.3 Å².